The molecule has 1 fully saturated rings. The standard InChI is InChI=1S/C21H20F2N4O2/c1-13-11-18(28)26-17-5-4-14(12-16(13)17)25-20(29)15-3-2-8-24-19(15)27-9-6-21(22,23)7-10-27/h2-5,8,11-12H,6-7,9-10H2,1H3,(H,25,29)(H,26,28). The Bertz CT molecular complexity index is 1130. The summed E-state index contributed by atoms with van der Waals surface area (Å²) in [7, 11) is 0. The van der Waals surface area contributed by atoms with Crippen molar-refractivity contribution in [1.82, 2.24) is 9.97 Å². The molecule has 6 nitrogen and oxygen atoms in total. The highest BCUT2D eigenvalue weighted by Gasteiger charge is 2.35. The monoisotopic (exact) mass is 398 g/mol. The van der Waals surface area contributed by atoms with Crippen molar-refractivity contribution in [2.24, 2.45) is 0 Å². The van der Waals surface area contributed by atoms with E-state index >= 15 is 0 Å². The molecule has 2 N–H and O–H groups in total. The fourth-order valence-corrected chi connectivity index (χ4v) is 3.57. The number of halogens is 2. The number of aromatic nitrogens is 2. The number of hydrogen-bond donors (Lipinski definition) is 2. The highest BCUT2D eigenvalue weighted by Crippen LogP contribution is 2.31. The van der Waals surface area contributed by atoms with Crippen molar-refractivity contribution in [2.45, 2.75) is 25.7 Å². The number of H-pyrrole nitrogens is 1. The van der Waals surface area contributed by atoms with Crippen LogP contribution in [0.25, 0.3) is 10.9 Å². The second-order valence-electron chi connectivity index (χ2n) is 7.25. The van der Waals surface area contributed by atoms with Gasteiger partial charge in [0.15, 0.2) is 0 Å². The molecule has 0 bridgehead atoms. The highest BCUT2D eigenvalue weighted by molar-refractivity contribution is 6.08. The van der Waals surface area contributed by atoms with Crippen LogP contribution in [0.4, 0.5) is 20.3 Å². The molecule has 0 atom stereocenters. The summed E-state index contributed by atoms with van der Waals surface area (Å²) in [5, 5.41) is 3.67. The number of nitrogens with zero attached hydrogens (tertiary/aromatic N) is 2. The second-order valence-corrected chi connectivity index (χ2v) is 7.25. The number of fused-ring (bicyclic) bond motifs is 1. The van der Waals surface area contributed by atoms with Crippen LogP contribution in [-0.4, -0.2) is 34.9 Å². The van der Waals surface area contributed by atoms with Crippen molar-refractivity contribution in [1.29, 1.82) is 0 Å². The van der Waals surface area contributed by atoms with E-state index in [1.54, 1.807) is 41.4 Å². The quantitative estimate of drug-likeness (QED) is 0.705. The molecule has 0 aliphatic carbocycles. The van der Waals surface area contributed by atoms with Crippen LogP contribution in [0, 0.1) is 6.92 Å². The Morgan fingerprint density at radius 2 is 1.97 bits per heavy atom. The maximum absolute atomic E-state index is 13.5. The number of alkyl halides is 2. The van der Waals surface area contributed by atoms with Crippen LogP contribution in [0.1, 0.15) is 28.8 Å². The van der Waals surface area contributed by atoms with Gasteiger partial charge in [0.05, 0.1) is 5.56 Å². The SMILES string of the molecule is Cc1cc(=O)[nH]c2ccc(NC(=O)c3cccnc3N3CCC(F)(F)CC3)cc12. The van der Waals surface area contributed by atoms with E-state index in [9.17, 15) is 18.4 Å². The first kappa shape index (κ1) is 19.0. The smallest absolute Gasteiger partial charge is 0.259 e. The number of rotatable bonds is 3. The van der Waals surface area contributed by atoms with E-state index in [1.165, 1.54) is 6.07 Å². The number of pyridine rings is 2. The zero-order valence-electron chi connectivity index (χ0n) is 15.8. The maximum Gasteiger partial charge on any atom is 0.259 e. The Hall–Kier alpha value is -3.29. The van der Waals surface area contributed by atoms with Crippen molar-refractivity contribution >= 4 is 28.3 Å². The largest absolute Gasteiger partial charge is 0.356 e. The molecule has 4 rings (SSSR count). The fraction of sp³-hybridized carbons (Fsp3) is 0.286. The normalized spacial score (nSPS) is 16.0. The van der Waals surface area contributed by atoms with Gasteiger partial charge in [0, 0.05) is 54.8 Å². The van der Waals surface area contributed by atoms with Crippen LogP contribution in [-0.2, 0) is 0 Å². The number of piperidine rings is 1. The van der Waals surface area contributed by atoms with Gasteiger partial charge in [0.1, 0.15) is 5.82 Å². The molecule has 1 aliphatic heterocycles. The molecule has 3 aromatic rings. The summed E-state index contributed by atoms with van der Waals surface area (Å²) in [6, 6.07) is 10.00. The highest BCUT2D eigenvalue weighted by atomic mass is 19.3. The zero-order valence-corrected chi connectivity index (χ0v) is 15.8. The van der Waals surface area contributed by atoms with E-state index < -0.39 is 5.92 Å². The predicted molar refractivity (Wildman–Crippen MR) is 108 cm³/mol. The number of hydrogen-bond acceptors (Lipinski definition) is 4. The Labute approximate surface area is 165 Å². The first-order valence-electron chi connectivity index (χ1n) is 9.35. The number of aryl methyl sites for hydroxylation is 1. The third-order valence-electron chi connectivity index (χ3n) is 5.13. The second kappa shape index (κ2) is 7.27. The number of amides is 1. The summed E-state index contributed by atoms with van der Waals surface area (Å²) in [4.78, 5) is 33.2. The molecule has 0 unspecified atom stereocenters. The Morgan fingerprint density at radius 3 is 2.72 bits per heavy atom. The number of carbonyl (C=O) groups is 1. The summed E-state index contributed by atoms with van der Waals surface area (Å²) >= 11 is 0. The minimum absolute atomic E-state index is 0.146. The molecule has 1 amide bonds. The van der Waals surface area contributed by atoms with Gasteiger partial charge in [0.25, 0.3) is 11.8 Å². The summed E-state index contributed by atoms with van der Waals surface area (Å²) in [6.45, 7) is 2.12. The van der Waals surface area contributed by atoms with Crippen LogP contribution in [0.3, 0.4) is 0 Å². The van der Waals surface area contributed by atoms with Gasteiger partial charge in [-0.05, 0) is 42.8 Å². The van der Waals surface area contributed by atoms with Gasteiger partial charge in [-0.15, -0.1) is 0 Å². The van der Waals surface area contributed by atoms with Crippen LogP contribution in [0.5, 0.6) is 0 Å². The summed E-state index contributed by atoms with van der Waals surface area (Å²) in [5.41, 5.74) is 2.20. The van der Waals surface area contributed by atoms with Crippen LogP contribution in [0.15, 0.2) is 47.4 Å². The van der Waals surface area contributed by atoms with E-state index in [2.05, 4.69) is 15.3 Å². The molecule has 0 radical (unpaired) electrons. The molecule has 2 aromatic heterocycles. The predicted octanol–water partition coefficient (Wildman–Crippen LogP) is 3.72. The van der Waals surface area contributed by atoms with Gasteiger partial charge in [-0.3, -0.25) is 9.59 Å². The van der Waals surface area contributed by atoms with Gasteiger partial charge < -0.3 is 15.2 Å². The first-order chi connectivity index (χ1) is 13.8. The molecule has 1 saturated heterocycles. The van der Waals surface area contributed by atoms with Crippen molar-refractivity contribution in [3.8, 4) is 0 Å². The Kier molecular flexibility index (Phi) is 4.77. The van der Waals surface area contributed by atoms with E-state index in [-0.39, 0.29) is 37.4 Å². The lowest BCUT2D eigenvalue weighted by Crippen LogP contribution is -2.40. The van der Waals surface area contributed by atoms with E-state index in [0.29, 0.717) is 22.6 Å². The number of anilines is 2. The molecule has 0 saturated carbocycles. The molecule has 3 heterocycles. The summed E-state index contributed by atoms with van der Waals surface area (Å²) < 4.78 is 27.0. The lowest BCUT2D eigenvalue weighted by Gasteiger charge is -2.33. The maximum atomic E-state index is 13.5. The van der Waals surface area contributed by atoms with Crippen molar-refractivity contribution in [2.75, 3.05) is 23.3 Å². The average molecular weight is 398 g/mol. The third-order valence-corrected chi connectivity index (χ3v) is 5.13. The van der Waals surface area contributed by atoms with E-state index in [0.717, 1.165) is 10.9 Å². The number of benzene rings is 1. The van der Waals surface area contributed by atoms with Gasteiger partial charge in [-0.2, -0.15) is 0 Å². The van der Waals surface area contributed by atoms with E-state index in [1.807, 2.05) is 6.92 Å². The molecule has 0 spiro atoms. The number of nitrogens with one attached hydrogen (secondary N) is 2. The summed E-state index contributed by atoms with van der Waals surface area (Å²) in [6.07, 6.45) is 1.04. The Morgan fingerprint density at radius 1 is 1.21 bits per heavy atom. The molecule has 150 valence electrons. The van der Waals surface area contributed by atoms with Crippen molar-refractivity contribution < 1.29 is 13.6 Å². The molecule has 8 heteroatoms. The number of carbonyl (C=O) groups excluding carboxylic acids is 1. The molecule has 29 heavy (non-hydrogen) atoms. The fourth-order valence-electron chi connectivity index (χ4n) is 3.57. The average Bonchev–Trinajstić information content (AvgIpc) is 2.68. The van der Waals surface area contributed by atoms with Gasteiger partial charge in [-0.25, -0.2) is 13.8 Å². The first-order valence-corrected chi connectivity index (χ1v) is 9.35. The van der Waals surface area contributed by atoms with Crippen LogP contribution >= 0.6 is 0 Å². The van der Waals surface area contributed by atoms with Crippen LogP contribution in [0.2, 0.25) is 0 Å². The van der Waals surface area contributed by atoms with Crippen molar-refractivity contribution in [3.05, 3.63) is 64.1 Å². The lowest BCUT2D eigenvalue weighted by molar-refractivity contribution is -0.0221. The molecule has 1 aromatic carbocycles. The van der Waals surface area contributed by atoms with Gasteiger partial charge in [-0.1, -0.05) is 0 Å². The molecular formula is C21H20F2N4O2. The third kappa shape index (κ3) is 3.96. The minimum Gasteiger partial charge on any atom is -0.356 e. The summed E-state index contributed by atoms with van der Waals surface area (Å²) in [5.74, 6) is -2.63. The topological polar surface area (TPSA) is 78.1 Å². The van der Waals surface area contributed by atoms with Gasteiger partial charge >= 0.3 is 0 Å². The van der Waals surface area contributed by atoms with Crippen LogP contribution < -0.4 is 15.8 Å². The van der Waals surface area contributed by atoms with Crippen molar-refractivity contribution in [3.63, 3.8) is 0 Å². The Balaban J connectivity index is 1.60. The zero-order chi connectivity index (χ0) is 20.6. The lowest BCUT2D eigenvalue weighted by atomic mass is 10.1. The molecular weight excluding hydrogens is 378 g/mol. The van der Waals surface area contributed by atoms with E-state index in [4.69, 9.17) is 0 Å². The number of aromatic amines is 1. The van der Waals surface area contributed by atoms with Gasteiger partial charge in [0.2, 0.25) is 5.56 Å². The minimum atomic E-state index is -2.67. The molecule has 1 aliphatic rings.